The number of rotatable bonds is 8. The maximum absolute atomic E-state index is 12.9. The summed E-state index contributed by atoms with van der Waals surface area (Å²) >= 11 is 1.39. The third-order valence-corrected chi connectivity index (χ3v) is 6.54. The lowest BCUT2D eigenvalue weighted by atomic mass is 9.95. The maximum atomic E-state index is 12.9. The van der Waals surface area contributed by atoms with Gasteiger partial charge in [-0.2, -0.15) is 0 Å². The zero-order chi connectivity index (χ0) is 22.5. The van der Waals surface area contributed by atoms with Gasteiger partial charge in [-0.1, -0.05) is 36.7 Å². The number of nitrogens with one attached hydrogen (secondary N) is 2. The van der Waals surface area contributed by atoms with Crippen molar-refractivity contribution >= 4 is 23.8 Å². The highest BCUT2D eigenvalue weighted by molar-refractivity contribution is 7.99. The van der Waals surface area contributed by atoms with Crippen molar-refractivity contribution in [3.63, 3.8) is 0 Å². The van der Waals surface area contributed by atoms with Gasteiger partial charge in [0.25, 0.3) is 0 Å². The van der Waals surface area contributed by atoms with E-state index in [2.05, 4.69) is 26.2 Å². The highest BCUT2D eigenvalue weighted by Crippen LogP contribution is 2.34. The van der Waals surface area contributed by atoms with Gasteiger partial charge >= 0.3 is 12.0 Å². The molecule has 1 fully saturated rings. The Balaban J connectivity index is 1.63. The van der Waals surface area contributed by atoms with Crippen LogP contribution in [0.4, 0.5) is 4.79 Å². The van der Waals surface area contributed by atoms with Crippen LogP contribution in [0.2, 0.25) is 0 Å². The van der Waals surface area contributed by atoms with Gasteiger partial charge in [-0.25, -0.2) is 14.3 Å². The summed E-state index contributed by atoms with van der Waals surface area (Å²) in [6, 6.07) is 6.48. The first kappa shape index (κ1) is 22.1. The SMILES string of the molecule is CCOC(=O)C1=C(CSc2nnnn2C2CCCC2)NC(=O)NC1c1ccc(OC)cc1. The number of amides is 2. The van der Waals surface area contributed by atoms with Crippen LogP contribution in [0.25, 0.3) is 0 Å². The fraction of sp³-hybridized carbons (Fsp3) is 0.476. The molecule has 2 aliphatic rings. The second kappa shape index (κ2) is 10.0. The number of thioether (sulfide) groups is 1. The number of aromatic nitrogens is 4. The first-order valence-corrected chi connectivity index (χ1v) is 11.6. The van der Waals surface area contributed by atoms with E-state index in [9.17, 15) is 9.59 Å². The lowest BCUT2D eigenvalue weighted by Gasteiger charge is -2.29. The molecule has 0 spiro atoms. The number of methoxy groups -OCH3 is 1. The number of tetrazole rings is 1. The molecule has 2 heterocycles. The van der Waals surface area contributed by atoms with E-state index >= 15 is 0 Å². The fourth-order valence-electron chi connectivity index (χ4n) is 4.02. The standard InChI is InChI=1S/C21H26N6O4S/c1-3-31-19(28)17-16(12-32-21-24-25-26-27(21)14-6-4-5-7-14)22-20(29)23-18(17)13-8-10-15(30-2)11-9-13/h8-11,14,18H,3-7,12H2,1-2H3,(H2,22,23,29). The van der Waals surface area contributed by atoms with Crippen LogP contribution in [0.15, 0.2) is 40.7 Å². The van der Waals surface area contributed by atoms with Crippen LogP contribution in [0.3, 0.4) is 0 Å². The summed E-state index contributed by atoms with van der Waals surface area (Å²) in [7, 11) is 1.58. The predicted octanol–water partition coefficient (Wildman–Crippen LogP) is 2.76. The molecule has 1 atom stereocenters. The third-order valence-electron chi connectivity index (χ3n) is 5.58. The van der Waals surface area contributed by atoms with Crippen LogP contribution >= 0.6 is 11.8 Å². The van der Waals surface area contributed by atoms with Crippen LogP contribution in [-0.4, -0.2) is 51.7 Å². The number of carbonyl (C=O) groups is 2. The summed E-state index contributed by atoms with van der Waals surface area (Å²) in [5.41, 5.74) is 1.60. The molecule has 2 amide bonds. The van der Waals surface area contributed by atoms with Crippen LogP contribution < -0.4 is 15.4 Å². The van der Waals surface area contributed by atoms with E-state index < -0.39 is 12.0 Å². The normalized spacial score (nSPS) is 18.9. The van der Waals surface area contributed by atoms with Gasteiger partial charge < -0.3 is 20.1 Å². The van der Waals surface area contributed by atoms with E-state index in [0.717, 1.165) is 31.2 Å². The molecule has 11 heteroatoms. The Morgan fingerprint density at radius 2 is 2.00 bits per heavy atom. The van der Waals surface area contributed by atoms with Crippen LogP contribution in [-0.2, 0) is 9.53 Å². The minimum Gasteiger partial charge on any atom is -0.497 e. The van der Waals surface area contributed by atoms with Crippen molar-refractivity contribution in [2.75, 3.05) is 19.5 Å². The molecule has 0 saturated heterocycles. The third kappa shape index (κ3) is 4.72. The largest absolute Gasteiger partial charge is 0.497 e. The minimum atomic E-state index is -0.643. The van der Waals surface area contributed by atoms with Gasteiger partial charge in [-0.05, 0) is 47.9 Å². The molecule has 2 aromatic rings. The molecule has 1 unspecified atom stereocenters. The number of nitrogens with zero attached hydrogens (tertiary/aromatic N) is 4. The Morgan fingerprint density at radius 3 is 2.69 bits per heavy atom. The summed E-state index contributed by atoms with van der Waals surface area (Å²) < 4.78 is 12.4. The van der Waals surface area contributed by atoms with Crippen molar-refractivity contribution < 1.29 is 19.1 Å². The zero-order valence-electron chi connectivity index (χ0n) is 18.0. The van der Waals surface area contributed by atoms with Crippen molar-refractivity contribution in [1.29, 1.82) is 0 Å². The molecule has 32 heavy (non-hydrogen) atoms. The highest BCUT2D eigenvalue weighted by Gasteiger charge is 2.34. The number of ether oxygens (including phenoxy) is 2. The molecular formula is C21H26N6O4S. The summed E-state index contributed by atoms with van der Waals surface area (Å²) in [5.74, 6) is 0.526. The van der Waals surface area contributed by atoms with Gasteiger partial charge in [-0.15, -0.1) is 5.10 Å². The van der Waals surface area contributed by atoms with Gasteiger partial charge in [0.2, 0.25) is 5.16 Å². The van der Waals surface area contributed by atoms with Gasteiger partial charge in [0.1, 0.15) is 5.75 Å². The Hall–Kier alpha value is -3.08. The van der Waals surface area contributed by atoms with Crippen molar-refractivity contribution in [2.24, 2.45) is 0 Å². The lowest BCUT2D eigenvalue weighted by molar-refractivity contribution is -0.139. The van der Waals surface area contributed by atoms with Gasteiger partial charge in [0.15, 0.2) is 0 Å². The first-order chi connectivity index (χ1) is 15.6. The molecule has 0 bridgehead atoms. The average molecular weight is 459 g/mol. The molecule has 1 saturated carbocycles. The van der Waals surface area contributed by atoms with Gasteiger partial charge in [0.05, 0.1) is 31.4 Å². The predicted molar refractivity (Wildman–Crippen MR) is 117 cm³/mol. The molecule has 2 N–H and O–H groups in total. The van der Waals surface area contributed by atoms with E-state index in [1.54, 1.807) is 26.2 Å². The van der Waals surface area contributed by atoms with Crippen molar-refractivity contribution in [1.82, 2.24) is 30.8 Å². The lowest BCUT2D eigenvalue weighted by Crippen LogP contribution is -2.46. The molecule has 10 nitrogen and oxygen atoms in total. The van der Waals surface area contributed by atoms with E-state index in [-0.39, 0.29) is 12.6 Å². The average Bonchev–Trinajstić information content (AvgIpc) is 3.49. The summed E-state index contributed by atoms with van der Waals surface area (Å²) in [4.78, 5) is 25.4. The van der Waals surface area contributed by atoms with E-state index in [4.69, 9.17) is 9.47 Å². The second-order valence-electron chi connectivity index (χ2n) is 7.55. The summed E-state index contributed by atoms with van der Waals surface area (Å²) in [5, 5.41) is 18.4. The van der Waals surface area contributed by atoms with Gasteiger partial charge in [-0.3, -0.25) is 0 Å². The molecule has 1 aliphatic heterocycles. The molecule has 1 aromatic carbocycles. The second-order valence-corrected chi connectivity index (χ2v) is 8.49. The van der Waals surface area contributed by atoms with E-state index in [1.165, 1.54) is 11.8 Å². The number of urea groups is 1. The minimum absolute atomic E-state index is 0.228. The summed E-state index contributed by atoms with van der Waals surface area (Å²) in [6.07, 6.45) is 4.43. The molecule has 1 aromatic heterocycles. The molecule has 1 aliphatic carbocycles. The topological polar surface area (TPSA) is 120 Å². The molecule has 4 rings (SSSR count). The Labute approximate surface area is 190 Å². The zero-order valence-corrected chi connectivity index (χ0v) is 18.9. The number of hydrogen-bond donors (Lipinski definition) is 2. The molecular weight excluding hydrogens is 432 g/mol. The van der Waals surface area contributed by atoms with Crippen molar-refractivity contribution in [3.8, 4) is 5.75 Å². The first-order valence-electron chi connectivity index (χ1n) is 10.6. The monoisotopic (exact) mass is 458 g/mol. The van der Waals surface area contributed by atoms with Crippen LogP contribution in [0.5, 0.6) is 5.75 Å². The Bertz CT molecular complexity index is 1000. The molecule has 0 radical (unpaired) electrons. The number of hydrogen-bond acceptors (Lipinski definition) is 8. The van der Waals surface area contributed by atoms with Crippen LogP contribution in [0, 0.1) is 0 Å². The highest BCUT2D eigenvalue weighted by atomic mass is 32.2. The fourth-order valence-corrected chi connectivity index (χ4v) is 4.94. The van der Waals surface area contributed by atoms with Crippen molar-refractivity contribution in [3.05, 3.63) is 41.1 Å². The Morgan fingerprint density at radius 1 is 1.25 bits per heavy atom. The number of benzene rings is 1. The number of esters is 1. The molecule has 170 valence electrons. The maximum Gasteiger partial charge on any atom is 0.338 e. The smallest absolute Gasteiger partial charge is 0.338 e. The number of carbonyl (C=O) groups excluding carboxylic acids is 2. The van der Waals surface area contributed by atoms with Gasteiger partial charge in [0, 0.05) is 11.4 Å². The van der Waals surface area contributed by atoms with Crippen LogP contribution in [0.1, 0.15) is 50.3 Å². The Kier molecular flexibility index (Phi) is 6.93. The summed E-state index contributed by atoms with van der Waals surface area (Å²) in [6.45, 7) is 1.98. The quantitative estimate of drug-likeness (QED) is 0.458. The van der Waals surface area contributed by atoms with E-state index in [1.807, 2.05) is 16.8 Å². The van der Waals surface area contributed by atoms with Crippen molar-refractivity contribution in [2.45, 2.75) is 49.8 Å². The van der Waals surface area contributed by atoms with E-state index in [0.29, 0.717) is 34.0 Å².